The molecule has 0 spiro atoms. The van der Waals surface area contributed by atoms with E-state index in [0.717, 1.165) is 44.9 Å². The number of hydrogen-bond donors (Lipinski definition) is 3. The molecule has 0 bridgehead atoms. The van der Waals surface area contributed by atoms with Gasteiger partial charge in [-0.05, 0) is 44.9 Å². The van der Waals surface area contributed by atoms with Crippen LogP contribution < -0.4 is 5.32 Å². The lowest BCUT2D eigenvalue weighted by Crippen LogP contribution is -2.36. The summed E-state index contributed by atoms with van der Waals surface area (Å²) in [5.74, 6) is -0.0188. The number of rotatable bonds is 25. The van der Waals surface area contributed by atoms with Gasteiger partial charge in [0.2, 0.25) is 0 Å². The number of β-amino-alcohol motifs (C(OH)–C–C–N with tert-alkyl or cyclic N) is 1. The number of ether oxygens (including phenoxy) is 2. The van der Waals surface area contributed by atoms with E-state index in [1.165, 1.54) is 77.0 Å². The number of hydrogen-bond acceptors (Lipinski definition) is 6. The summed E-state index contributed by atoms with van der Waals surface area (Å²) in [7, 11) is 0. The molecule has 0 saturated carbocycles. The Bertz CT molecular complexity index is 488. The molecule has 0 aromatic heterocycles. The molecule has 36 heavy (non-hydrogen) atoms. The van der Waals surface area contributed by atoms with Gasteiger partial charge in [-0.2, -0.15) is 0 Å². The lowest BCUT2D eigenvalue weighted by Gasteiger charge is -2.18. The first-order valence-corrected chi connectivity index (χ1v) is 15.5. The largest absolute Gasteiger partial charge is 0.462 e. The first-order chi connectivity index (χ1) is 17.6. The van der Waals surface area contributed by atoms with E-state index >= 15 is 0 Å². The molecule has 0 aliphatic carbocycles. The number of aliphatic hydroxyl groups excluding tert-OH is 2. The van der Waals surface area contributed by atoms with Crippen molar-refractivity contribution in [1.29, 1.82) is 0 Å². The molecule has 1 aliphatic rings. The van der Waals surface area contributed by atoms with Crippen LogP contribution in [0, 0.1) is 0 Å². The molecule has 6 nitrogen and oxygen atoms in total. The van der Waals surface area contributed by atoms with Crippen LogP contribution in [0.3, 0.4) is 0 Å². The maximum atomic E-state index is 12.5. The van der Waals surface area contributed by atoms with Crippen molar-refractivity contribution in [3.8, 4) is 0 Å². The first-order valence-electron chi connectivity index (χ1n) is 15.5. The minimum absolute atomic E-state index is 0.0188. The van der Waals surface area contributed by atoms with Crippen LogP contribution in [0.2, 0.25) is 0 Å². The van der Waals surface area contributed by atoms with E-state index in [-0.39, 0.29) is 24.2 Å². The van der Waals surface area contributed by atoms with Crippen LogP contribution in [-0.4, -0.2) is 53.9 Å². The van der Waals surface area contributed by atoms with Gasteiger partial charge in [-0.1, -0.05) is 97.3 Å². The van der Waals surface area contributed by atoms with Crippen molar-refractivity contribution in [1.82, 2.24) is 5.32 Å². The fourth-order valence-corrected chi connectivity index (χ4v) is 5.00. The highest BCUT2D eigenvalue weighted by atomic mass is 16.6. The smallest absolute Gasteiger partial charge is 0.306 e. The van der Waals surface area contributed by atoms with E-state index in [1.54, 1.807) is 0 Å². The van der Waals surface area contributed by atoms with Crippen molar-refractivity contribution >= 4 is 5.97 Å². The molecule has 0 aromatic carbocycles. The fraction of sp³-hybridized carbons (Fsp3) is 0.967. The maximum Gasteiger partial charge on any atom is 0.306 e. The van der Waals surface area contributed by atoms with Crippen LogP contribution in [-0.2, 0) is 14.3 Å². The molecule has 1 saturated heterocycles. The number of carbonyl (C=O) groups excluding carboxylic acids is 1. The Kier molecular flexibility index (Phi) is 21.7. The lowest BCUT2D eigenvalue weighted by molar-refractivity contribution is -0.150. The first kappa shape index (κ1) is 33.3. The molecule has 3 N–H and O–H groups in total. The summed E-state index contributed by atoms with van der Waals surface area (Å²) in [6.45, 7) is 5.54. The van der Waals surface area contributed by atoms with Crippen LogP contribution in [0.15, 0.2) is 0 Å². The minimum Gasteiger partial charge on any atom is -0.462 e. The van der Waals surface area contributed by atoms with Crippen LogP contribution in [0.1, 0.15) is 149 Å². The van der Waals surface area contributed by atoms with Crippen molar-refractivity contribution in [2.24, 2.45) is 0 Å². The SMILES string of the molecule is CCCCCCCCC(CCCCCCCC)OC(=O)CCCCCCCOC(O)C1CC(O)CN1. The topological polar surface area (TPSA) is 88.0 Å². The number of nitrogens with one attached hydrogen (secondary N) is 1. The van der Waals surface area contributed by atoms with Crippen LogP contribution in [0.5, 0.6) is 0 Å². The Balaban J connectivity index is 2.10. The highest BCUT2D eigenvalue weighted by molar-refractivity contribution is 5.69. The molecule has 1 rings (SSSR count). The van der Waals surface area contributed by atoms with Gasteiger partial charge in [0, 0.05) is 19.6 Å². The molecule has 1 fully saturated rings. The van der Waals surface area contributed by atoms with Gasteiger partial charge in [0.15, 0.2) is 6.29 Å². The number of aliphatic hydroxyl groups is 2. The highest BCUT2D eigenvalue weighted by Crippen LogP contribution is 2.18. The zero-order chi connectivity index (χ0) is 26.3. The molecule has 0 amide bonds. The second-order valence-electron chi connectivity index (χ2n) is 10.9. The summed E-state index contributed by atoms with van der Waals surface area (Å²) < 4.78 is 11.4. The molecule has 3 atom stereocenters. The van der Waals surface area contributed by atoms with Gasteiger partial charge in [-0.25, -0.2) is 0 Å². The standard InChI is InChI=1S/C30H59NO5/c1-3-5-7-9-12-16-20-27(21-17-13-10-8-6-4-2)36-29(33)22-18-14-11-15-19-23-35-30(34)28-24-26(32)25-31-28/h26-28,30-32,34H,3-25H2,1-2H3. The monoisotopic (exact) mass is 513 g/mol. The molecule has 0 radical (unpaired) electrons. The second-order valence-corrected chi connectivity index (χ2v) is 10.9. The van der Waals surface area contributed by atoms with Crippen LogP contribution in [0.25, 0.3) is 0 Å². The summed E-state index contributed by atoms with van der Waals surface area (Å²) >= 11 is 0. The van der Waals surface area contributed by atoms with E-state index in [0.29, 0.717) is 26.0 Å². The van der Waals surface area contributed by atoms with Gasteiger partial charge >= 0.3 is 5.97 Å². The molecular weight excluding hydrogens is 454 g/mol. The zero-order valence-corrected chi connectivity index (χ0v) is 23.7. The van der Waals surface area contributed by atoms with Crippen molar-refractivity contribution in [2.75, 3.05) is 13.2 Å². The minimum atomic E-state index is -0.849. The third-order valence-electron chi connectivity index (χ3n) is 7.36. The molecule has 1 heterocycles. The highest BCUT2D eigenvalue weighted by Gasteiger charge is 2.28. The average molecular weight is 514 g/mol. The molecule has 1 aliphatic heterocycles. The lowest BCUT2D eigenvalue weighted by atomic mass is 10.0. The summed E-state index contributed by atoms with van der Waals surface area (Å²) in [5, 5.41) is 22.6. The van der Waals surface area contributed by atoms with Gasteiger partial charge in [-0.3, -0.25) is 4.79 Å². The summed E-state index contributed by atoms with van der Waals surface area (Å²) in [6.07, 6.45) is 22.2. The Morgan fingerprint density at radius 1 is 0.806 bits per heavy atom. The average Bonchev–Trinajstić information content (AvgIpc) is 3.31. The molecule has 6 heteroatoms. The zero-order valence-electron chi connectivity index (χ0n) is 23.7. The summed E-state index contributed by atoms with van der Waals surface area (Å²) in [6, 6.07) is -0.169. The van der Waals surface area contributed by atoms with Crippen molar-refractivity contribution < 1.29 is 24.5 Å². The summed E-state index contributed by atoms with van der Waals surface area (Å²) in [5.41, 5.74) is 0. The number of unbranched alkanes of at least 4 members (excludes halogenated alkanes) is 14. The van der Waals surface area contributed by atoms with Crippen molar-refractivity contribution in [3.63, 3.8) is 0 Å². The van der Waals surface area contributed by atoms with Gasteiger partial charge in [0.05, 0.1) is 12.1 Å². The van der Waals surface area contributed by atoms with Gasteiger partial charge < -0.3 is 25.0 Å². The third-order valence-corrected chi connectivity index (χ3v) is 7.36. The van der Waals surface area contributed by atoms with Gasteiger partial charge in [0.1, 0.15) is 6.10 Å². The van der Waals surface area contributed by atoms with E-state index in [2.05, 4.69) is 19.2 Å². The maximum absolute atomic E-state index is 12.5. The molecular formula is C30H59NO5. The number of esters is 1. The Hall–Kier alpha value is -0.690. The predicted molar refractivity (Wildman–Crippen MR) is 148 cm³/mol. The van der Waals surface area contributed by atoms with Crippen LogP contribution in [0.4, 0.5) is 0 Å². The Labute approximate surface area is 222 Å². The van der Waals surface area contributed by atoms with E-state index in [9.17, 15) is 15.0 Å². The van der Waals surface area contributed by atoms with Gasteiger partial charge in [0.25, 0.3) is 0 Å². The Morgan fingerprint density at radius 3 is 1.89 bits per heavy atom. The normalized spacial score (nSPS) is 18.7. The fourth-order valence-electron chi connectivity index (χ4n) is 5.00. The Morgan fingerprint density at radius 2 is 1.33 bits per heavy atom. The third kappa shape index (κ3) is 18.5. The van der Waals surface area contributed by atoms with E-state index in [1.807, 2.05) is 0 Å². The predicted octanol–water partition coefficient (Wildman–Crippen LogP) is 6.80. The van der Waals surface area contributed by atoms with Gasteiger partial charge in [-0.15, -0.1) is 0 Å². The van der Waals surface area contributed by atoms with Crippen molar-refractivity contribution in [2.45, 2.75) is 173 Å². The van der Waals surface area contributed by atoms with Crippen molar-refractivity contribution in [3.05, 3.63) is 0 Å². The molecule has 3 unspecified atom stereocenters. The molecule has 0 aromatic rings. The quantitative estimate of drug-likeness (QED) is 0.0707. The van der Waals surface area contributed by atoms with E-state index < -0.39 is 6.29 Å². The van der Waals surface area contributed by atoms with E-state index in [4.69, 9.17) is 9.47 Å². The summed E-state index contributed by atoms with van der Waals surface area (Å²) in [4.78, 5) is 12.5. The molecule has 214 valence electrons. The van der Waals surface area contributed by atoms with Crippen LogP contribution >= 0.6 is 0 Å². The number of carbonyl (C=O) groups is 1. The second kappa shape index (κ2) is 23.4.